The highest BCUT2D eigenvalue weighted by atomic mass is 16.4. The Balaban J connectivity index is 1.68. The van der Waals surface area contributed by atoms with Crippen LogP contribution in [0, 0.1) is 0 Å². The number of rotatable bonds is 4. The third-order valence-corrected chi connectivity index (χ3v) is 3.80. The number of hydrazone groups is 1. The first-order chi connectivity index (χ1) is 13.1. The van der Waals surface area contributed by atoms with Crippen molar-refractivity contribution in [3.8, 4) is 0 Å². The Bertz CT molecular complexity index is 1050. The van der Waals surface area contributed by atoms with Crippen molar-refractivity contribution >= 4 is 40.5 Å². The van der Waals surface area contributed by atoms with E-state index in [1.807, 2.05) is 30.3 Å². The molecule has 0 aliphatic rings. The number of anilines is 1. The molecule has 3 aromatic carbocycles. The Morgan fingerprint density at radius 2 is 1.56 bits per heavy atom. The van der Waals surface area contributed by atoms with E-state index in [-0.39, 0.29) is 5.56 Å². The molecule has 0 aliphatic heterocycles. The molecule has 134 valence electrons. The van der Waals surface area contributed by atoms with Gasteiger partial charge in [0.2, 0.25) is 0 Å². The minimum absolute atomic E-state index is 0.0377. The SMILES string of the molecule is O=C(N/N=C\c1ccccc1C(=O)O)C(=O)Nc1cccc2ccccc12. The van der Waals surface area contributed by atoms with Gasteiger partial charge in [-0.3, -0.25) is 9.59 Å². The lowest BCUT2D eigenvalue weighted by Crippen LogP contribution is -2.32. The van der Waals surface area contributed by atoms with Crippen molar-refractivity contribution in [2.24, 2.45) is 5.10 Å². The fourth-order valence-electron chi connectivity index (χ4n) is 2.53. The second kappa shape index (κ2) is 7.92. The van der Waals surface area contributed by atoms with Crippen molar-refractivity contribution in [3.05, 3.63) is 77.9 Å². The summed E-state index contributed by atoms with van der Waals surface area (Å²) in [5, 5.41) is 17.0. The number of carboxylic acid groups (broad SMARTS) is 1. The Morgan fingerprint density at radius 3 is 2.37 bits per heavy atom. The van der Waals surface area contributed by atoms with Crippen LogP contribution in [0.1, 0.15) is 15.9 Å². The molecule has 3 N–H and O–H groups in total. The van der Waals surface area contributed by atoms with E-state index in [2.05, 4.69) is 15.8 Å². The summed E-state index contributed by atoms with van der Waals surface area (Å²) in [6, 6.07) is 19.0. The molecule has 0 spiro atoms. The zero-order valence-electron chi connectivity index (χ0n) is 14.0. The summed E-state index contributed by atoms with van der Waals surface area (Å²) in [6.07, 6.45) is 1.17. The number of aromatic carboxylic acids is 1. The number of carboxylic acids is 1. The molecule has 0 saturated carbocycles. The van der Waals surface area contributed by atoms with Gasteiger partial charge in [0, 0.05) is 16.6 Å². The van der Waals surface area contributed by atoms with E-state index in [4.69, 9.17) is 5.11 Å². The first kappa shape index (κ1) is 17.8. The highest BCUT2D eigenvalue weighted by Crippen LogP contribution is 2.22. The summed E-state index contributed by atoms with van der Waals surface area (Å²) in [6.45, 7) is 0. The van der Waals surface area contributed by atoms with Gasteiger partial charge >= 0.3 is 17.8 Å². The summed E-state index contributed by atoms with van der Waals surface area (Å²) in [4.78, 5) is 35.1. The maximum atomic E-state index is 12.1. The number of amides is 2. The topological polar surface area (TPSA) is 108 Å². The Labute approximate surface area is 154 Å². The molecule has 0 aromatic heterocycles. The maximum absolute atomic E-state index is 12.1. The lowest BCUT2D eigenvalue weighted by atomic mass is 10.1. The zero-order valence-corrected chi connectivity index (χ0v) is 14.0. The molecule has 0 fully saturated rings. The van der Waals surface area contributed by atoms with Crippen LogP contribution >= 0.6 is 0 Å². The highest BCUT2D eigenvalue weighted by molar-refractivity contribution is 6.40. The van der Waals surface area contributed by atoms with Gasteiger partial charge < -0.3 is 10.4 Å². The molecule has 3 aromatic rings. The first-order valence-electron chi connectivity index (χ1n) is 8.01. The Hall–Kier alpha value is -4.00. The zero-order chi connectivity index (χ0) is 19.2. The molecule has 27 heavy (non-hydrogen) atoms. The van der Waals surface area contributed by atoms with E-state index in [0.717, 1.165) is 10.8 Å². The van der Waals surface area contributed by atoms with Gasteiger partial charge in [0.1, 0.15) is 0 Å². The van der Waals surface area contributed by atoms with E-state index in [0.29, 0.717) is 11.3 Å². The molecular formula is C20H15N3O4. The monoisotopic (exact) mass is 361 g/mol. The minimum Gasteiger partial charge on any atom is -0.478 e. The lowest BCUT2D eigenvalue weighted by molar-refractivity contribution is -0.136. The van der Waals surface area contributed by atoms with E-state index in [9.17, 15) is 14.4 Å². The van der Waals surface area contributed by atoms with Crippen molar-refractivity contribution in [2.45, 2.75) is 0 Å². The molecule has 0 radical (unpaired) electrons. The second-order valence-corrected chi connectivity index (χ2v) is 5.57. The molecule has 0 aliphatic carbocycles. The predicted octanol–water partition coefficient (Wildman–Crippen LogP) is 2.63. The smallest absolute Gasteiger partial charge is 0.336 e. The quantitative estimate of drug-likeness (QED) is 0.377. The van der Waals surface area contributed by atoms with Crippen LogP contribution in [-0.2, 0) is 9.59 Å². The Morgan fingerprint density at radius 1 is 0.852 bits per heavy atom. The molecule has 0 bridgehead atoms. The number of benzene rings is 3. The van der Waals surface area contributed by atoms with Gasteiger partial charge in [-0.1, -0.05) is 54.6 Å². The van der Waals surface area contributed by atoms with Gasteiger partial charge in [-0.05, 0) is 17.5 Å². The van der Waals surface area contributed by atoms with Crippen LogP contribution in [0.25, 0.3) is 10.8 Å². The number of hydrogen-bond donors (Lipinski definition) is 3. The van der Waals surface area contributed by atoms with Gasteiger partial charge in [0.05, 0.1) is 11.8 Å². The molecule has 2 amide bonds. The fourth-order valence-corrected chi connectivity index (χ4v) is 2.53. The summed E-state index contributed by atoms with van der Waals surface area (Å²) < 4.78 is 0. The minimum atomic E-state index is -1.11. The fraction of sp³-hybridized carbons (Fsp3) is 0. The Kier molecular flexibility index (Phi) is 5.22. The average Bonchev–Trinajstić information content (AvgIpc) is 2.68. The number of carbonyl (C=O) groups excluding carboxylic acids is 2. The number of hydrogen-bond acceptors (Lipinski definition) is 4. The van der Waals surface area contributed by atoms with Crippen molar-refractivity contribution in [1.82, 2.24) is 5.43 Å². The van der Waals surface area contributed by atoms with E-state index in [1.165, 1.54) is 18.3 Å². The van der Waals surface area contributed by atoms with Crippen LogP contribution in [0.15, 0.2) is 71.8 Å². The molecule has 0 saturated heterocycles. The molecular weight excluding hydrogens is 346 g/mol. The summed E-state index contributed by atoms with van der Waals surface area (Å²) in [5.74, 6) is -2.96. The predicted molar refractivity (Wildman–Crippen MR) is 102 cm³/mol. The van der Waals surface area contributed by atoms with Crippen LogP contribution in [0.2, 0.25) is 0 Å². The molecule has 7 heteroatoms. The van der Waals surface area contributed by atoms with E-state index in [1.54, 1.807) is 24.3 Å². The van der Waals surface area contributed by atoms with Gasteiger partial charge in [0.25, 0.3) is 0 Å². The molecule has 0 atom stereocenters. The third kappa shape index (κ3) is 4.16. The van der Waals surface area contributed by atoms with Crippen LogP contribution < -0.4 is 10.7 Å². The number of carbonyl (C=O) groups is 3. The summed E-state index contributed by atoms with van der Waals surface area (Å²) >= 11 is 0. The molecule has 0 heterocycles. The van der Waals surface area contributed by atoms with Crippen molar-refractivity contribution in [1.29, 1.82) is 0 Å². The molecule has 3 rings (SSSR count). The third-order valence-electron chi connectivity index (χ3n) is 3.80. The number of fused-ring (bicyclic) bond motifs is 1. The van der Waals surface area contributed by atoms with Crippen molar-refractivity contribution < 1.29 is 19.5 Å². The van der Waals surface area contributed by atoms with Crippen LogP contribution in [0.5, 0.6) is 0 Å². The second-order valence-electron chi connectivity index (χ2n) is 5.57. The molecule has 7 nitrogen and oxygen atoms in total. The van der Waals surface area contributed by atoms with Gasteiger partial charge in [-0.25, -0.2) is 10.2 Å². The average molecular weight is 361 g/mol. The van der Waals surface area contributed by atoms with Crippen LogP contribution in [0.4, 0.5) is 5.69 Å². The maximum Gasteiger partial charge on any atom is 0.336 e. The lowest BCUT2D eigenvalue weighted by Gasteiger charge is -2.07. The van der Waals surface area contributed by atoms with Crippen molar-refractivity contribution in [2.75, 3.05) is 5.32 Å². The molecule has 0 unspecified atom stereocenters. The largest absolute Gasteiger partial charge is 0.478 e. The van der Waals surface area contributed by atoms with Crippen molar-refractivity contribution in [3.63, 3.8) is 0 Å². The van der Waals surface area contributed by atoms with Gasteiger partial charge in [-0.2, -0.15) is 5.10 Å². The number of nitrogens with one attached hydrogen (secondary N) is 2. The number of nitrogens with zero attached hydrogens (tertiary/aromatic N) is 1. The normalized spacial score (nSPS) is 10.7. The van der Waals surface area contributed by atoms with Gasteiger partial charge in [0.15, 0.2) is 0 Å². The summed E-state index contributed by atoms with van der Waals surface area (Å²) in [7, 11) is 0. The summed E-state index contributed by atoms with van der Waals surface area (Å²) in [5.41, 5.74) is 2.94. The van der Waals surface area contributed by atoms with Crippen LogP contribution in [0.3, 0.4) is 0 Å². The standard InChI is InChI=1S/C20H15N3O4/c24-18(22-17-11-5-8-13-6-1-3-9-15(13)17)19(25)23-21-12-14-7-2-4-10-16(14)20(26)27/h1-12H,(H,22,24)(H,23,25)(H,26,27)/b21-12-. The highest BCUT2D eigenvalue weighted by Gasteiger charge is 2.14. The first-order valence-corrected chi connectivity index (χ1v) is 8.01. The van der Waals surface area contributed by atoms with E-state index < -0.39 is 17.8 Å². The van der Waals surface area contributed by atoms with E-state index >= 15 is 0 Å². The van der Waals surface area contributed by atoms with Gasteiger partial charge in [-0.15, -0.1) is 0 Å². The van der Waals surface area contributed by atoms with Crippen LogP contribution in [-0.4, -0.2) is 29.1 Å².